The van der Waals surface area contributed by atoms with Gasteiger partial charge in [-0.25, -0.2) is 22.9 Å². The summed E-state index contributed by atoms with van der Waals surface area (Å²) in [5, 5.41) is 20.2. The number of likely N-dealkylation sites (tertiary alicyclic amines) is 1. The third-order valence-electron chi connectivity index (χ3n) is 6.87. The Bertz CT molecular complexity index is 930. The summed E-state index contributed by atoms with van der Waals surface area (Å²) in [5.74, 6) is -4.12. The lowest BCUT2D eigenvalue weighted by molar-refractivity contribution is -0.184. The van der Waals surface area contributed by atoms with Crippen molar-refractivity contribution in [3.63, 3.8) is 0 Å². The second-order valence-electron chi connectivity index (χ2n) is 11.1. The van der Waals surface area contributed by atoms with E-state index in [1.807, 2.05) is 0 Å². The second kappa shape index (κ2) is 8.96. The number of nitrogens with zero attached hydrogens (tertiary/aromatic N) is 2. The molecule has 4 atom stereocenters. The van der Waals surface area contributed by atoms with Gasteiger partial charge in [-0.05, 0) is 29.7 Å². The van der Waals surface area contributed by atoms with E-state index < -0.39 is 76.1 Å². The summed E-state index contributed by atoms with van der Waals surface area (Å²) in [6.45, 7) is 12.3. The topological polar surface area (TPSA) is 90.7 Å². The van der Waals surface area contributed by atoms with Crippen LogP contribution < -0.4 is 0 Å². The number of hydrogen-bond acceptors (Lipinski definition) is 3. The average Bonchev–Trinajstić information content (AvgIpc) is 2.61. The minimum atomic E-state index is -3.16. The number of hydrogen-bond donors (Lipinski definition) is 2. The molecule has 1 fully saturated rings. The highest BCUT2D eigenvalue weighted by Gasteiger charge is 2.64. The second-order valence-corrected chi connectivity index (χ2v) is 11.4. The molecule has 0 bridgehead atoms. The van der Waals surface area contributed by atoms with E-state index in [0.717, 1.165) is 6.07 Å². The standard InChI is InChI=1S/C23H32ClF3N2O4/c1-11-17(22(5,6)7)23(19(30)31,14(21(2,3)4)10-29(11)20(32)33)9-13-16(25)12(18(26)27)8-15(24)28-13/h8,11,14,17-18H,9-10H2,1-7H3,(H,30,31)(H,32,33)/t11-,14?,17?,23-/m1/s1. The maximum atomic E-state index is 15.1. The third kappa shape index (κ3) is 4.93. The summed E-state index contributed by atoms with van der Waals surface area (Å²) >= 11 is 5.91. The number of carboxylic acid groups (broad SMARTS) is 2. The molecule has 6 nitrogen and oxygen atoms in total. The van der Waals surface area contributed by atoms with Gasteiger partial charge in [0.15, 0.2) is 5.82 Å². The van der Waals surface area contributed by atoms with Crippen molar-refractivity contribution in [1.29, 1.82) is 0 Å². The SMILES string of the molecule is C[C@@H]1C(C(C)(C)C)[C@](Cc2nc(Cl)cc(C(F)F)c2F)(C(=O)O)C(C(C)(C)C)CN1C(=O)O. The summed E-state index contributed by atoms with van der Waals surface area (Å²) in [4.78, 5) is 30.3. The molecule has 0 spiro atoms. The quantitative estimate of drug-likeness (QED) is 0.493. The predicted molar refractivity (Wildman–Crippen MR) is 118 cm³/mol. The van der Waals surface area contributed by atoms with Gasteiger partial charge in [-0.2, -0.15) is 0 Å². The highest BCUT2D eigenvalue weighted by atomic mass is 35.5. The van der Waals surface area contributed by atoms with Crippen LogP contribution in [0.1, 0.15) is 66.1 Å². The molecule has 0 saturated carbocycles. The summed E-state index contributed by atoms with van der Waals surface area (Å²) in [7, 11) is 0. The third-order valence-corrected chi connectivity index (χ3v) is 7.06. The van der Waals surface area contributed by atoms with Crippen molar-refractivity contribution in [1.82, 2.24) is 9.88 Å². The van der Waals surface area contributed by atoms with E-state index in [1.54, 1.807) is 48.5 Å². The largest absolute Gasteiger partial charge is 0.481 e. The van der Waals surface area contributed by atoms with Crippen molar-refractivity contribution in [2.45, 2.75) is 67.4 Å². The number of aliphatic carboxylic acids is 1. The molecule has 2 rings (SSSR count). The van der Waals surface area contributed by atoms with E-state index in [2.05, 4.69) is 4.98 Å². The minimum absolute atomic E-state index is 0.108. The molecule has 1 saturated heterocycles. The Morgan fingerprint density at radius 3 is 2.15 bits per heavy atom. The number of halogens is 4. The Morgan fingerprint density at radius 2 is 1.76 bits per heavy atom. The predicted octanol–water partition coefficient (Wildman–Crippen LogP) is 6.13. The average molecular weight is 493 g/mol. The Labute approximate surface area is 197 Å². The summed E-state index contributed by atoms with van der Waals surface area (Å²) in [5.41, 5.74) is -4.58. The first-order valence-electron chi connectivity index (χ1n) is 10.7. The number of piperidine rings is 1. The summed E-state index contributed by atoms with van der Waals surface area (Å²) in [6, 6.07) is -0.00888. The van der Waals surface area contributed by atoms with Gasteiger partial charge >= 0.3 is 12.1 Å². The fourth-order valence-electron chi connectivity index (χ4n) is 5.86. The van der Waals surface area contributed by atoms with Crippen LogP contribution in [-0.2, 0) is 11.2 Å². The van der Waals surface area contributed by atoms with Gasteiger partial charge in [0.25, 0.3) is 6.43 Å². The van der Waals surface area contributed by atoms with Crippen LogP contribution in [0.15, 0.2) is 6.07 Å². The van der Waals surface area contributed by atoms with Gasteiger partial charge in [-0.3, -0.25) is 4.79 Å². The zero-order valence-electron chi connectivity index (χ0n) is 19.9. The van der Waals surface area contributed by atoms with E-state index in [-0.39, 0.29) is 11.7 Å². The lowest BCUT2D eigenvalue weighted by Crippen LogP contribution is -2.68. The number of carbonyl (C=O) groups is 2. The number of pyridine rings is 1. The van der Waals surface area contributed by atoms with E-state index in [9.17, 15) is 28.6 Å². The number of aromatic nitrogens is 1. The summed E-state index contributed by atoms with van der Waals surface area (Å²) in [6.07, 6.45) is -4.84. The maximum absolute atomic E-state index is 15.1. The maximum Gasteiger partial charge on any atom is 0.407 e. The van der Waals surface area contributed by atoms with Crippen molar-refractivity contribution >= 4 is 23.7 Å². The minimum Gasteiger partial charge on any atom is -0.481 e. The van der Waals surface area contributed by atoms with Crippen LogP contribution >= 0.6 is 11.6 Å². The highest BCUT2D eigenvalue weighted by Crippen LogP contribution is 2.58. The first-order chi connectivity index (χ1) is 14.9. The van der Waals surface area contributed by atoms with Crippen LogP contribution in [0, 0.1) is 33.9 Å². The molecular weight excluding hydrogens is 461 g/mol. The lowest BCUT2D eigenvalue weighted by Gasteiger charge is -2.60. The normalized spacial score (nSPS) is 26.5. The molecule has 1 aliphatic heterocycles. The van der Waals surface area contributed by atoms with Crippen molar-refractivity contribution in [2.75, 3.05) is 6.54 Å². The molecule has 33 heavy (non-hydrogen) atoms. The van der Waals surface area contributed by atoms with Crippen LogP contribution in [0.4, 0.5) is 18.0 Å². The van der Waals surface area contributed by atoms with Gasteiger partial charge in [0.2, 0.25) is 0 Å². The summed E-state index contributed by atoms with van der Waals surface area (Å²) < 4.78 is 42.0. The number of amides is 1. The first-order valence-corrected chi connectivity index (χ1v) is 11.1. The van der Waals surface area contributed by atoms with Crippen LogP contribution in [0.3, 0.4) is 0 Å². The molecular formula is C23H32ClF3N2O4. The van der Waals surface area contributed by atoms with Crippen LogP contribution in [-0.4, -0.2) is 44.7 Å². The van der Waals surface area contributed by atoms with Crippen LogP contribution in [0.5, 0.6) is 0 Å². The van der Waals surface area contributed by atoms with E-state index in [4.69, 9.17) is 11.6 Å². The number of rotatable bonds is 4. The van der Waals surface area contributed by atoms with Gasteiger partial charge < -0.3 is 15.1 Å². The van der Waals surface area contributed by atoms with Gasteiger partial charge in [0.05, 0.1) is 16.7 Å². The fourth-order valence-corrected chi connectivity index (χ4v) is 6.08. The Balaban J connectivity index is 2.90. The van der Waals surface area contributed by atoms with Gasteiger partial charge in [0, 0.05) is 24.9 Å². The zero-order chi connectivity index (χ0) is 25.7. The zero-order valence-corrected chi connectivity index (χ0v) is 20.7. The molecule has 1 aliphatic rings. The monoisotopic (exact) mass is 492 g/mol. The Morgan fingerprint density at radius 1 is 1.21 bits per heavy atom. The Kier molecular flexibility index (Phi) is 7.39. The van der Waals surface area contributed by atoms with E-state index >= 15 is 4.39 Å². The highest BCUT2D eigenvalue weighted by molar-refractivity contribution is 6.29. The van der Waals surface area contributed by atoms with Crippen molar-refractivity contribution in [3.8, 4) is 0 Å². The van der Waals surface area contributed by atoms with Crippen molar-refractivity contribution in [2.24, 2.45) is 28.1 Å². The molecule has 2 N–H and O–H groups in total. The fraction of sp³-hybridized carbons (Fsp3) is 0.696. The van der Waals surface area contributed by atoms with Gasteiger partial charge in [0.1, 0.15) is 5.15 Å². The van der Waals surface area contributed by atoms with Crippen molar-refractivity contribution in [3.05, 3.63) is 28.3 Å². The molecule has 0 aromatic carbocycles. The Hall–Kier alpha value is -2.03. The molecule has 186 valence electrons. The van der Waals surface area contributed by atoms with Crippen LogP contribution in [0.25, 0.3) is 0 Å². The van der Waals surface area contributed by atoms with E-state index in [1.165, 1.54) is 4.90 Å². The van der Waals surface area contributed by atoms with Crippen LogP contribution in [0.2, 0.25) is 5.15 Å². The van der Waals surface area contributed by atoms with Gasteiger partial charge in [-0.15, -0.1) is 0 Å². The first kappa shape index (κ1) is 27.2. The lowest BCUT2D eigenvalue weighted by atomic mass is 9.48. The molecule has 2 heterocycles. The molecule has 0 aliphatic carbocycles. The molecule has 10 heteroatoms. The smallest absolute Gasteiger partial charge is 0.407 e. The van der Waals surface area contributed by atoms with Crippen molar-refractivity contribution < 1.29 is 33.0 Å². The molecule has 1 amide bonds. The van der Waals surface area contributed by atoms with E-state index in [0.29, 0.717) is 0 Å². The number of carboxylic acids is 1. The van der Waals surface area contributed by atoms with Gasteiger partial charge in [-0.1, -0.05) is 53.1 Å². The molecule has 2 unspecified atom stereocenters. The molecule has 1 aromatic rings. The molecule has 1 aromatic heterocycles. The number of alkyl halides is 2. The molecule has 0 radical (unpaired) electrons.